The minimum absolute atomic E-state index is 0.184. The molecule has 2 aromatic heterocycles. The van der Waals surface area contributed by atoms with Gasteiger partial charge in [0, 0.05) is 24.1 Å². The fourth-order valence-electron chi connectivity index (χ4n) is 2.44. The Morgan fingerprint density at radius 2 is 1.90 bits per heavy atom. The Morgan fingerprint density at radius 3 is 2.52 bits per heavy atom. The number of imidazole rings is 1. The van der Waals surface area contributed by atoms with Crippen LogP contribution in [0.1, 0.15) is 37.3 Å². The quantitative estimate of drug-likeness (QED) is 0.772. The van der Waals surface area contributed by atoms with E-state index in [1.807, 2.05) is 22.9 Å². The molecule has 0 saturated carbocycles. The first-order valence-electron chi connectivity index (χ1n) is 7.12. The number of nitrogens with zero attached hydrogens (tertiary/aromatic N) is 2. The van der Waals surface area contributed by atoms with E-state index in [1.165, 1.54) is 5.56 Å². The molecule has 0 spiro atoms. The van der Waals surface area contributed by atoms with E-state index in [0.717, 1.165) is 11.4 Å². The summed E-state index contributed by atoms with van der Waals surface area (Å²) < 4.78 is 7.42. The van der Waals surface area contributed by atoms with E-state index in [-0.39, 0.29) is 12.1 Å². The van der Waals surface area contributed by atoms with Crippen LogP contribution in [0.4, 0.5) is 0 Å². The lowest BCUT2D eigenvalue weighted by Gasteiger charge is -2.19. The second-order valence-electron chi connectivity index (χ2n) is 5.19. The lowest BCUT2D eigenvalue weighted by molar-refractivity contribution is 0.403. The lowest BCUT2D eigenvalue weighted by Crippen LogP contribution is -2.22. The van der Waals surface area contributed by atoms with Gasteiger partial charge in [0.25, 0.3) is 0 Å². The largest absolute Gasteiger partial charge is 0.468 e. The van der Waals surface area contributed by atoms with Gasteiger partial charge in [-0.2, -0.15) is 0 Å². The first-order valence-corrected chi connectivity index (χ1v) is 7.12. The average Bonchev–Trinajstić information content (AvgIpc) is 3.20. The Kier molecular flexibility index (Phi) is 3.88. The van der Waals surface area contributed by atoms with Gasteiger partial charge in [0.1, 0.15) is 5.76 Å². The van der Waals surface area contributed by atoms with Gasteiger partial charge in [0.2, 0.25) is 0 Å². The Bertz CT molecular complexity index is 657. The van der Waals surface area contributed by atoms with Crippen LogP contribution in [0.5, 0.6) is 0 Å². The fourth-order valence-corrected chi connectivity index (χ4v) is 2.44. The molecule has 3 rings (SSSR count). The highest BCUT2D eigenvalue weighted by atomic mass is 16.3. The lowest BCUT2D eigenvalue weighted by atomic mass is 10.1. The van der Waals surface area contributed by atoms with Crippen LogP contribution in [0.2, 0.25) is 0 Å². The molecule has 4 nitrogen and oxygen atoms in total. The van der Waals surface area contributed by atoms with E-state index < -0.39 is 0 Å². The molecule has 0 amide bonds. The first kappa shape index (κ1) is 13.6. The van der Waals surface area contributed by atoms with Gasteiger partial charge >= 0.3 is 0 Å². The zero-order valence-corrected chi connectivity index (χ0v) is 12.2. The maximum absolute atomic E-state index is 5.43. The van der Waals surface area contributed by atoms with Crippen molar-refractivity contribution in [2.24, 2.45) is 0 Å². The third-order valence-electron chi connectivity index (χ3n) is 3.67. The molecule has 1 unspecified atom stereocenters. The molecule has 0 fully saturated rings. The smallest absolute Gasteiger partial charge is 0.120 e. The van der Waals surface area contributed by atoms with E-state index in [2.05, 4.69) is 48.4 Å². The molecule has 108 valence electrons. The summed E-state index contributed by atoms with van der Waals surface area (Å²) in [5.74, 6) is 0.955. The molecular formula is C17H19N3O. The second kappa shape index (κ2) is 5.97. The number of furan rings is 1. The van der Waals surface area contributed by atoms with Crippen LogP contribution in [0.25, 0.3) is 5.69 Å². The molecule has 0 aliphatic carbocycles. The second-order valence-corrected chi connectivity index (χ2v) is 5.19. The highest BCUT2D eigenvalue weighted by Crippen LogP contribution is 2.20. The number of rotatable bonds is 5. The van der Waals surface area contributed by atoms with E-state index >= 15 is 0 Å². The van der Waals surface area contributed by atoms with Gasteiger partial charge in [-0.05, 0) is 43.7 Å². The van der Waals surface area contributed by atoms with E-state index in [1.54, 1.807) is 18.8 Å². The normalized spacial score (nSPS) is 14.0. The van der Waals surface area contributed by atoms with Crippen molar-refractivity contribution in [2.75, 3.05) is 0 Å². The van der Waals surface area contributed by atoms with Crippen molar-refractivity contribution in [1.82, 2.24) is 14.9 Å². The molecule has 3 aromatic rings. The number of hydrogen-bond acceptors (Lipinski definition) is 3. The maximum Gasteiger partial charge on any atom is 0.120 e. The van der Waals surface area contributed by atoms with Gasteiger partial charge in [-0.15, -0.1) is 0 Å². The van der Waals surface area contributed by atoms with Crippen LogP contribution in [0, 0.1) is 0 Å². The summed E-state index contributed by atoms with van der Waals surface area (Å²) in [5.41, 5.74) is 2.36. The topological polar surface area (TPSA) is 43.0 Å². The monoisotopic (exact) mass is 281 g/mol. The van der Waals surface area contributed by atoms with Crippen LogP contribution < -0.4 is 5.32 Å². The molecule has 1 aromatic carbocycles. The molecule has 1 N–H and O–H groups in total. The number of nitrogens with one attached hydrogen (secondary N) is 1. The van der Waals surface area contributed by atoms with Crippen molar-refractivity contribution in [3.05, 3.63) is 72.7 Å². The van der Waals surface area contributed by atoms with Crippen molar-refractivity contribution < 1.29 is 4.42 Å². The predicted octanol–water partition coefficient (Wildman–Crippen LogP) is 3.88. The highest BCUT2D eigenvalue weighted by Gasteiger charge is 2.13. The maximum atomic E-state index is 5.43. The van der Waals surface area contributed by atoms with Gasteiger partial charge < -0.3 is 14.3 Å². The average molecular weight is 281 g/mol. The number of benzene rings is 1. The summed E-state index contributed by atoms with van der Waals surface area (Å²) in [6.45, 7) is 4.26. The Hall–Kier alpha value is -2.33. The zero-order chi connectivity index (χ0) is 14.7. The minimum atomic E-state index is 0.184. The van der Waals surface area contributed by atoms with Gasteiger partial charge in [0.15, 0.2) is 0 Å². The van der Waals surface area contributed by atoms with Crippen LogP contribution in [-0.4, -0.2) is 9.55 Å². The Labute approximate surface area is 124 Å². The van der Waals surface area contributed by atoms with Crippen LogP contribution >= 0.6 is 0 Å². The minimum Gasteiger partial charge on any atom is -0.468 e. The molecule has 0 aliphatic rings. The van der Waals surface area contributed by atoms with Crippen LogP contribution in [-0.2, 0) is 0 Å². The first-order chi connectivity index (χ1) is 10.2. The van der Waals surface area contributed by atoms with E-state index in [9.17, 15) is 0 Å². The highest BCUT2D eigenvalue weighted by molar-refractivity contribution is 5.35. The standard InChI is InChI=1S/C17H19N3O/c1-13(19-14(2)17-4-3-11-21-17)15-5-7-16(8-6-15)20-10-9-18-12-20/h3-14,19H,1-2H3/t13?,14-/m0/s1. The third kappa shape index (κ3) is 3.06. The summed E-state index contributed by atoms with van der Waals surface area (Å²) in [6.07, 6.45) is 7.23. The van der Waals surface area contributed by atoms with Gasteiger partial charge in [-0.3, -0.25) is 0 Å². The van der Waals surface area contributed by atoms with Crippen molar-refractivity contribution >= 4 is 0 Å². The molecule has 4 heteroatoms. The van der Waals surface area contributed by atoms with Gasteiger partial charge in [0.05, 0.1) is 18.6 Å². The van der Waals surface area contributed by atoms with Crippen molar-refractivity contribution in [1.29, 1.82) is 0 Å². The zero-order valence-electron chi connectivity index (χ0n) is 12.2. The number of hydrogen-bond donors (Lipinski definition) is 1. The Balaban J connectivity index is 1.69. The van der Waals surface area contributed by atoms with Crippen molar-refractivity contribution in [3.63, 3.8) is 0 Å². The van der Waals surface area contributed by atoms with Crippen molar-refractivity contribution in [3.8, 4) is 5.69 Å². The number of aromatic nitrogens is 2. The van der Waals surface area contributed by atoms with Crippen molar-refractivity contribution in [2.45, 2.75) is 25.9 Å². The summed E-state index contributed by atoms with van der Waals surface area (Å²) in [6, 6.07) is 12.8. The summed E-state index contributed by atoms with van der Waals surface area (Å²) in [7, 11) is 0. The molecule has 0 aliphatic heterocycles. The summed E-state index contributed by atoms with van der Waals surface area (Å²) in [4.78, 5) is 4.06. The fraction of sp³-hybridized carbons (Fsp3) is 0.235. The molecule has 2 atom stereocenters. The van der Waals surface area contributed by atoms with E-state index in [0.29, 0.717) is 0 Å². The molecule has 0 radical (unpaired) electrons. The molecule has 0 saturated heterocycles. The Morgan fingerprint density at radius 1 is 1.10 bits per heavy atom. The predicted molar refractivity (Wildman–Crippen MR) is 82.2 cm³/mol. The SMILES string of the molecule is CC(N[C@@H](C)c1ccco1)c1ccc(-n2ccnc2)cc1. The van der Waals surface area contributed by atoms with Gasteiger partial charge in [-0.25, -0.2) is 4.98 Å². The molecular weight excluding hydrogens is 262 g/mol. The summed E-state index contributed by atoms with van der Waals surface area (Å²) in [5, 5.41) is 3.54. The molecule has 0 bridgehead atoms. The van der Waals surface area contributed by atoms with Crippen LogP contribution in [0.3, 0.4) is 0 Å². The van der Waals surface area contributed by atoms with Crippen LogP contribution in [0.15, 0.2) is 65.8 Å². The van der Waals surface area contributed by atoms with E-state index in [4.69, 9.17) is 4.42 Å². The molecule has 21 heavy (non-hydrogen) atoms. The third-order valence-corrected chi connectivity index (χ3v) is 3.67. The molecule has 2 heterocycles. The van der Waals surface area contributed by atoms with Gasteiger partial charge in [-0.1, -0.05) is 12.1 Å². The summed E-state index contributed by atoms with van der Waals surface area (Å²) >= 11 is 0.